The van der Waals surface area contributed by atoms with Crippen LogP contribution >= 0.6 is 0 Å². The quantitative estimate of drug-likeness (QED) is 0.591. The maximum absolute atomic E-state index is 12.1. The summed E-state index contributed by atoms with van der Waals surface area (Å²) in [5.74, 6) is 0.497. The lowest BCUT2D eigenvalue weighted by molar-refractivity contribution is 0.0838. The fraction of sp³-hybridized carbons (Fsp3) is 0.389. The number of nitrogens with zero attached hydrogens (tertiary/aromatic N) is 3. The number of phenolic OH excluding ortho intramolecular Hbond substituents is 1. The van der Waals surface area contributed by atoms with Gasteiger partial charge in [0.15, 0.2) is 0 Å². The van der Waals surface area contributed by atoms with Gasteiger partial charge in [-0.05, 0) is 29.7 Å². The third kappa shape index (κ3) is 4.47. The summed E-state index contributed by atoms with van der Waals surface area (Å²) in [4.78, 5) is 22.2. The number of phenols is 1. The van der Waals surface area contributed by atoms with Crippen molar-refractivity contribution in [2.75, 3.05) is 32.0 Å². The lowest BCUT2D eigenvalue weighted by atomic mass is 9.99. The normalized spacial score (nSPS) is 15.2. The fourth-order valence-corrected chi connectivity index (χ4v) is 3.04. The molecule has 1 atom stereocenters. The van der Waals surface area contributed by atoms with E-state index in [0.29, 0.717) is 12.4 Å². The van der Waals surface area contributed by atoms with E-state index in [9.17, 15) is 15.0 Å². The molecule has 0 bridgehead atoms. The number of rotatable bonds is 6. The molecule has 1 unspecified atom stereocenters. The van der Waals surface area contributed by atoms with E-state index in [2.05, 4.69) is 25.5 Å². The Morgan fingerprint density at radius 1 is 1.31 bits per heavy atom. The Labute approximate surface area is 151 Å². The summed E-state index contributed by atoms with van der Waals surface area (Å²) >= 11 is 0. The molecule has 8 heteroatoms. The lowest BCUT2D eigenvalue weighted by Crippen LogP contribution is -2.42. The topological polar surface area (TPSA) is 111 Å². The van der Waals surface area contributed by atoms with Gasteiger partial charge in [-0.25, -0.2) is 9.97 Å². The Morgan fingerprint density at radius 2 is 2.15 bits per heavy atom. The maximum Gasteiger partial charge on any atom is 0.270 e. The number of β-amino-alcohol motifs (C(OH)–C–C–N with tert-alkyl or cyclic N) is 1. The summed E-state index contributed by atoms with van der Waals surface area (Å²) < 4.78 is 0. The van der Waals surface area contributed by atoms with E-state index < -0.39 is 6.10 Å². The van der Waals surface area contributed by atoms with Gasteiger partial charge >= 0.3 is 0 Å². The molecule has 1 aromatic carbocycles. The SMILES string of the molecule is CNc1cc(C(=O)NCC(O)CN2CCc3cc(O)ccc3C2)ncn1. The van der Waals surface area contributed by atoms with E-state index in [1.807, 2.05) is 6.07 Å². The van der Waals surface area contributed by atoms with Crippen LogP contribution in [0.4, 0.5) is 5.82 Å². The van der Waals surface area contributed by atoms with Crippen LogP contribution in [0.2, 0.25) is 0 Å². The molecule has 2 aromatic rings. The van der Waals surface area contributed by atoms with Crippen LogP contribution in [0, 0.1) is 0 Å². The average molecular weight is 357 g/mol. The highest BCUT2D eigenvalue weighted by Crippen LogP contribution is 2.23. The predicted octanol–water partition coefficient (Wildman–Crippen LogP) is 0.373. The van der Waals surface area contributed by atoms with Crippen molar-refractivity contribution in [3.63, 3.8) is 0 Å². The molecule has 26 heavy (non-hydrogen) atoms. The van der Waals surface area contributed by atoms with Gasteiger partial charge in [-0.2, -0.15) is 0 Å². The Hall–Kier alpha value is -2.71. The van der Waals surface area contributed by atoms with Crippen molar-refractivity contribution in [3.8, 4) is 5.75 Å². The number of carbonyl (C=O) groups excluding carboxylic acids is 1. The number of anilines is 1. The molecule has 138 valence electrons. The molecular weight excluding hydrogens is 334 g/mol. The van der Waals surface area contributed by atoms with E-state index >= 15 is 0 Å². The maximum atomic E-state index is 12.1. The zero-order valence-corrected chi connectivity index (χ0v) is 14.6. The van der Waals surface area contributed by atoms with Crippen molar-refractivity contribution in [2.45, 2.75) is 19.1 Å². The zero-order chi connectivity index (χ0) is 18.5. The second-order valence-corrected chi connectivity index (χ2v) is 6.34. The summed E-state index contributed by atoms with van der Waals surface area (Å²) in [5, 5.41) is 25.3. The first-order chi connectivity index (χ1) is 12.5. The number of aliphatic hydroxyl groups is 1. The molecule has 2 heterocycles. The van der Waals surface area contributed by atoms with Crippen molar-refractivity contribution in [1.82, 2.24) is 20.2 Å². The highest BCUT2D eigenvalue weighted by atomic mass is 16.3. The molecule has 0 radical (unpaired) electrons. The van der Waals surface area contributed by atoms with Crippen LogP contribution < -0.4 is 10.6 Å². The van der Waals surface area contributed by atoms with Crippen LogP contribution in [0.5, 0.6) is 5.75 Å². The Kier molecular flexibility index (Phi) is 5.65. The van der Waals surface area contributed by atoms with Gasteiger partial charge in [0, 0.05) is 39.3 Å². The zero-order valence-electron chi connectivity index (χ0n) is 14.6. The van der Waals surface area contributed by atoms with Gasteiger partial charge in [-0.1, -0.05) is 6.07 Å². The number of aromatic nitrogens is 2. The van der Waals surface area contributed by atoms with Crippen molar-refractivity contribution in [2.24, 2.45) is 0 Å². The molecule has 0 fully saturated rings. The van der Waals surface area contributed by atoms with Crippen molar-refractivity contribution in [1.29, 1.82) is 0 Å². The van der Waals surface area contributed by atoms with Crippen LogP contribution in [-0.2, 0) is 13.0 Å². The van der Waals surface area contributed by atoms with E-state index in [0.717, 1.165) is 30.6 Å². The summed E-state index contributed by atoms with van der Waals surface area (Å²) in [7, 11) is 1.71. The molecule has 0 saturated carbocycles. The molecule has 1 amide bonds. The standard InChI is InChI=1S/C18H23N5O3/c1-19-17-7-16(21-11-22-17)18(26)20-8-15(25)10-23-5-4-12-6-14(24)3-2-13(12)9-23/h2-3,6-7,11,15,24-25H,4-5,8-10H2,1H3,(H,20,26)(H,19,21,22). The Balaban J connectivity index is 1.49. The minimum atomic E-state index is -0.678. The van der Waals surface area contributed by atoms with Gasteiger partial charge in [-0.15, -0.1) is 0 Å². The molecule has 8 nitrogen and oxygen atoms in total. The Morgan fingerprint density at radius 3 is 2.96 bits per heavy atom. The van der Waals surface area contributed by atoms with E-state index in [1.54, 1.807) is 25.2 Å². The van der Waals surface area contributed by atoms with Crippen molar-refractivity contribution in [3.05, 3.63) is 47.4 Å². The molecule has 3 rings (SSSR count). The highest BCUT2D eigenvalue weighted by molar-refractivity contribution is 5.92. The molecular formula is C18H23N5O3. The third-order valence-corrected chi connectivity index (χ3v) is 4.40. The van der Waals surface area contributed by atoms with Crippen molar-refractivity contribution < 1.29 is 15.0 Å². The first-order valence-electron chi connectivity index (χ1n) is 8.54. The number of hydrogen-bond donors (Lipinski definition) is 4. The number of fused-ring (bicyclic) bond motifs is 1. The van der Waals surface area contributed by atoms with Gasteiger partial charge in [0.1, 0.15) is 23.6 Å². The summed E-state index contributed by atoms with van der Waals surface area (Å²) in [5.41, 5.74) is 2.56. The second-order valence-electron chi connectivity index (χ2n) is 6.34. The molecule has 1 aliphatic heterocycles. The molecule has 0 aliphatic carbocycles. The first-order valence-corrected chi connectivity index (χ1v) is 8.54. The minimum absolute atomic E-state index is 0.149. The first kappa shape index (κ1) is 18.1. The van der Waals surface area contributed by atoms with Gasteiger partial charge in [0.25, 0.3) is 5.91 Å². The fourth-order valence-electron chi connectivity index (χ4n) is 3.04. The predicted molar refractivity (Wildman–Crippen MR) is 97.0 cm³/mol. The van der Waals surface area contributed by atoms with Gasteiger partial charge in [-0.3, -0.25) is 9.69 Å². The van der Waals surface area contributed by atoms with Crippen LogP contribution in [0.15, 0.2) is 30.6 Å². The van der Waals surface area contributed by atoms with Crippen molar-refractivity contribution >= 4 is 11.7 Å². The second kappa shape index (κ2) is 8.11. The summed E-state index contributed by atoms with van der Waals surface area (Å²) in [6.45, 7) is 2.14. The number of hydrogen-bond acceptors (Lipinski definition) is 7. The number of nitrogens with one attached hydrogen (secondary N) is 2. The lowest BCUT2D eigenvalue weighted by Gasteiger charge is -2.30. The van der Waals surface area contributed by atoms with E-state index in [1.165, 1.54) is 6.33 Å². The number of benzene rings is 1. The molecule has 0 spiro atoms. The van der Waals surface area contributed by atoms with Gasteiger partial charge in [0.05, 0.1) is 6.10 Å². The highest BCUT2D eigenvalue weighted by Gasteiger charge is 2.19. The van der Waals surface area contributed by atoms with Gasteiger partial charge in [0.2, 0.25) is 0 Å². The average Bonchev–Trinajstić information content (AvgIpc) is 2.66. The number of aromatic hydroxyl groups is 1. The largest absolute Gasteiger partial charge is 0.508 e. The number of aliphatic hydroxyl groups excluding tert-OH is 1. The van der Waals surface area contributed by atoms with Crippen LogP contribution in [0.3, 0.4) is 0 Å². The number of carbonyl (C=O) groups is 1. The minimum Gasteiger partial charge on any atom is -0.508 e. The third-order valence-electron chi connectivity index (χ3n) is 4.40. The molecule has 0 saturated heterocycles. The van der Waals surface area contributed by atoms with Crippen LogP contribution in [0.1, 0.15) is 21.6 Å². The summed E-state index contributed by atoms with van der Waals surface area (Å²) in [6, 6.07) is 6.95. The van der Waals surface area contributed by atoms with Crippen LogP contribution in [0.25, 0.3) is 0 Å². The molecule has 1 aliphatic rings. The summed E-state index contributed by atoms with van der Waals surface area (Å²) in [6.07, 6.45) is 1.47. The van der Waals surface area contributed by atoms with Crippen LogP contribution in [-0.4, -0.2) is 63.8 Å². The number of amides is 1. The van der Waals surface area contributed by atoms with Gasteiger partial charge < -0.3 is 20.8 Å². The molecule has 1 aromatic heterocycles. The van der Waals surface area contributed by atoms with E-state index in [-0.39, 0.29) is 23.9 Å². The monoisotopic (exact) mass is 357 g/mol. The van der Waals surface area contributed by atoms with E-state index in [4.69, 9.17) is 0 Å². The smallest absolute Gasteiger partial charge is 0.270 e. The Bertz CT molecular complexity index is 783. The molecule has 4 N–H and O–H groups in total.